The third kappa shape index (κ3) is 2.85. The second kappa shape index (κ2) is 5.01. The molecule has 15 heavy (non-hydrogen) atoms. The third-order valence-corrected chi connectivity index (χ3v) is 2.74. The molecule has 0 amide bonds. The Labute approximate surface area is 90.9 Å². The Balaban J connectivity index is 2.86. The molecule has 2 nitrogen and oxygen atoms in total. The second-order valence-corrected chi connectivity index (χ2v) is 3.95. The molecule has 1 aromatic rings. The SMILES string of the molecule is CCCC(C)N(C)c1ccc(F)cc1N. The molecule has 0 radical (unpaired) electrons. The van der Waals surface area contributed by atoms with Crippen molar-refractivity contribution in [3.63, 3.8) is 0 Å². The van der Waals surface area contributed by atoms with Gasteiger partial charge in [-0.05, 0) is 31.5 Å². The van der Waals surface area contributed by atoms with E-state index in [4.69, 9.17) is 5.73 Å². The number of hydrogen-bond acceptors (Lipinski definition) is 2. The lowest BCUT2D eigenvalue weighted by atomic mass is 10.1. The Bertz CT molecular complexity index is 325. The number of benzene rings is 1. The first-order valence-electron chi connectivity index (χ1n) is 5.34. The smallest absolute Gasteiger partial charge is 0.125 e. The van der Waals surface area contributed by atoms with E-state index >= 15 is 0 Å². The van der Waals surface area contributed by atoms with Gasteiger partial charge in [0.15, 0.2) is 0 Å². The molecule has 0 heterocycles. The normalized spacial score (nSPS) is 12.5. The van der Waals surface area contributed by atoms with E-state index in [9.17, 15) is 4.39 Å². The number of rotatable bonds is 4. The summed E-state index contributed by atoms with van der Waals surface area (Å²) in [6, 6.07) is 4.96. The molecule has 1 aromatic carbocycles. The van der Waals surface area contributed by atoms with E-state index in [0.717, 1.165) is 18.5 Å². The molecular weight excluding hydrogens is 191 g/mol. The Hall–Kier alpha value is -1.25. The molecule has 0 aliphatic heterocycles. The van der Waals surface area contributed by atoms with Crippen molar-refractivity contribution >= 4 is 11.4 Å². The van der Waals surface area contributed by atoms with Crippen LogP contribution in [0.1, 0.15) is 26.7 Å². The molecule has 0 aromatic heterocycles. The highest BCUT2D eigenvalue weighted by Crippen LogP contribution is 2.25. The van der Waals surface area contributed by atoms with Gasteiger partial charge < -0.3 is 10.6 Å². The van der Waals surface area contributed by atoms with Gasteiger partial charge in [-0.3, -0.25) is 0 Å². The van der Waals surface area contributed by atoms with Crippen LogP contribution in [-0.2, 0) is 0 Å². The van der Waals surface area contributed by atoms with Crippen LogP contribution < -0.4 is 10.6 Å². The van der Waals surface area contributed by atoms with E-state index in [-0.39, 0.29) is 5.82 Å². The number of nitrogens with two attached hydrogens (primary N) is 1. The van der Waals surface area contributed by atoms with Crippen LogP contribution in [-0.4, -0.2) is 13.1 Å². The van der Waals surface area contributed by atoms with E-state index < -0.39 is 0 Å². The topological polar surface area (TPSA) is 29.3 Å². The summed E-state index contributed by atoms with van der Waals surface area (Å²) in [6.45, 7) is 4.30. The second-order valence-electron chi connectivity index (χ2n) is 3.95. The molecule has 0 spiro atoms. The van der Waals surface area contributed by atoms with Gasteiger partial charge in [0.1, 0.15) is 5.82 Å². The zero-order chi connectivity index (χ0) is 11.4. The number of hydrogen-bond donors (Lipinski definition) is 1. The highest BCUT2D eigenvalue weighted by Gasteiger charge is 2.11. The molecule has 3 heteroatoms. The maximum atomic E-state index is 12.9. The summed E-state index contributed by atoms with van der Waals surface area (Å²) in [4.78, 5) is 2.10. The van der Waals surface area contributed by atoms with Gasteiger partial charge in [-0.2, -0.15) is 0 Å². The summed E-state index contributed by atoms with van der Waals surface area (Å²) >= 11 is 0. The maximum Gasteiger partial charge on any atom is 0.125 e. The van der Waals surface area contributed by atoms with Crippen molar-refractivity contribution in [2.75, 3.05) is 17.7 Å². The minimum Gasteiger partial charge on any atom is -0.397 e. The standard InChI is InChI=1S/C12H19FN2/c1-4-5-9(2)15(3)12-7-6-10(13)8-11(12)14/h6-9H,4-5,14H2,1-3H3. The molecule has 0 aliphatic rings. The Morgan fingerprint density at radius 1 is 1.47 bits per heavy atom. The highest BCUT2D eigenvalue weighted by atomic mass is 19.1. The molecule has 1 unspecified atom stereocenters. The average molecular weight is 210 g/mol. The Kier molecular flexibility index (Phi) is 3.95. The largest absolute Gasteiger partial charge is 0.397 e. The molecule has 1 rings (SSSR count). The van der Waals surface area contributed by atoms with Crippen LogP contribution in [0.15, 0.2) is 18.2 Å². The first kappa shape index (κ1) is 11.8. The van der Waals surface area contributed by atoms with Crippen molar-refractivity contribution < 1.29 is 4.39 Å². The predicted molar refractivity (Wildman–Crippen MR) is 63.6 cm³/mol. The van der Waals surface area contributed by atoms with Crippen LogP contribution in [0.25, 0.3) is 0 Å². The molecule has 0 saturated heterocycles. The van der Waals surface area contributed by atoms with Crippen LogP contribution in [0.4, 0.5) is 15.8 Å². The van der Waals surface area contributed by atoms with E-state index in [1.165, 1.54) is 12.1 Å². The number of anilines is 2. The fourth-order valence-corrected chi connectivity index (χ4v) is 1.70. The van der Waals surface area contributed by atoms with E-state index in [1.807, 2.05) is 7.05 Å². The fourth-order valence-electron chi connectivity index (χ4n) is 1.70. The van der Waals surface area contributed by atoms with Gasteiger partial charge in [-0.25, -0.2) is 4.39 Å². The first-order valence-corrected chi connectivity index (χ1v) is 5.34. The number of nitrogen functional groups attached to an aromatic ring is 1. The maximum absolute atomic E-state index is 12.9. The van der Waals surface area contributed by atoms with Crippen LogP contribution in [0.3, 0.4) is 0 Å². The van der Waals surface area contributed by atoms with Crippen molar-refractivity contribution in [3.8, 4) is 0 Å². The molecule has 84 valence electrons. The van der Waals surface area contributed by atoms with Crippen LogP contribution in [0.2, 0.25) is 0 Å². The zero-order valence-corrected chi connectivity index (χ0v) is 9.63. The predicted octanol–water partition coefficient (Wildman–Crippen LogP) is 3.03. The third-order valence-electron chi connectivity index (χ3n) is 2.74. The van der Waals surface area contributed by atoms with Gasteiger partial charge >= 0.3 is 0 Å². The van der Waals surface area contributed by atoms with Crippen molar-refractivity contribution in [2.45, 2.75) is 32.7 Å². The molecule has 0 saturated carbocycles. The van der Waals surface area contributed by atoms with Gasteiger partial charge in [-0.1, -0.05) is 13.3 Å². The summed E-state index contributed by atoms with van der Waals surface area (Å²) in [5.41, 5.74) is 7.18. The summed E-state index contributed by atoms with van der Waals surface area (Å²) in [5.74, 6) is -0.284. The van der Waals surface area contributed by atoms with Crippen molar-refractivity contribution in [3.05, 3.63) is 24.0 Å². The van der Waals surface area contributed by atoms with E-state index in [1.54, 1.807) is 6.07 Å². The molecule has 0 aliphatic carbocycles. The molecule has 2 N–H and O–H groups in total. The van der Waals surface area contributed by atoms with Crippen molar-refractivity contribution in [1.82, 2.24) is 0 Å². The molecular formula is C12H19FN2. The van der Waals surface area contributed by atoms with E-state index in [0.29, 0.717) is 11.7 Å². The monoisotopic (exact) mass is 210 g/mol. The van der Waals surface area contributed by atoms with Crippen molar-refractivity contribution in [2.24, 2.45) is 0 Å². The Morgan fingerprint density at radius 3 is 2.67 bits per heavy atom. The lowest BCUT2D eigenvalue weighted by Gasteiger charge is -2.27. The van der Waals surface area contributed by atoms with Gasteiger partial charge in [0.05, 0.1) is 11.4 Å². The first-order chi connectivity index (χ1) is 7.06. The summed E-state index contributed by atoms with van der Waals surface area (Å²) < 4.78 is 12.9. The fraction of sp³-hybridized carbons (Fsp3) is 0.500. The van der Waals surface area contributed by atoms with Gasteiger partial charge in [0.25, 0.3) is 0 Å². The quantitative estimate of drug-likeness (QED) is 0.774. The minimum atomic E-state index is -0.284. The summed E-state index contributed by atoms with van der Waals surface area (Å²) in [6.07, 6.45) is 2.24. The minimum absolute atomic E-state index is 0.284. The van der Waals surface area contributed by atoms with Gasteiger partial charge in [0, 0.05) is 13.1 Å². The lowest BCUT2D eigenvalue weighted by Crippen LogP contribution is -2.29. The van der Waals surface area contributed by atoms with Gasteiger partial charge in [0.2, 0.25) is 0 Å². The Morgan fingerprint density at radius 2 is 2.13 bits per heavy atom. The van der Waals surface area contributed by atoms with Crippen LogP contribution >= 0.6 is 0 Å². The number of nitrogens with zero attached hydrogens (tertiary/aromatic N) is 1. The average Bonchev–Trinajstić information content (AvgIpc) is 2.17. The summed E-state index contributed by atoms with van der Waals surface area (Å²) in [7, 11) is 1.99. The lowest BCUT2D eigenvalue weighted by molar-refractivity contribution is 0.612. The highest BCUT2D eigenvalue weighted by molar-refractivity contribution is 5.67. The number of halogens is 1. The van der Waals surface area contributed by atoms with Crippen LogP contribution in [0, 0.1) is 5.82 Å². The van der Waals surface area contributed by atoms with Crippen molar-refractivity contribution in [1.29, 1.82) is 0 Å². The van der Waals surface area contributed by atoms with Gasteiger partial charge in [-0.15, -0.1) is 0 Å². The molecule has 1 atom stereocenters. The van der Waals surface area contributed by atoms with E-state index in [2.05, 4.69) is 18.7 Å². The molecule has 0 bridgehead atoms. The molecule has 0 fully saturated rings. The zero-order valence-electron chi connectivity index (χ0n) is 9.63. The van der Waals surface area contributed by atoms with Crippen LogP contribution in [0.5, 0.6) is 0 Å². The summed E-state index contributed by atoms with van der Waals surface area (Å²) in [5, 5.41) is 0.